The van der Waals surface area contributed by atoms with Crippen LogP contribution in [0, 0.1) is 0 Å². The largest absolute Gasteiger partial charge is 0.349 e. The van der Waals surface area contributed by atoms with Crippen LogP contribution < -0.4 is 17.4 Å². The number of nitrogens with zero attached hydrogens (tertiary/aromatic N) is 1. The van der Waals surface area contributed by atoms with Gasteiger partial charge < -0.3 is 5.73 Å². The number of rotatable bonds is 0. The van der Waals surface area contributed by atoms with Crippen LogP contribution in [0.3, 0.4) is 0 Å². The molecular weight excluding hydrogens is 264 g/mol. The summed E-state index contributed by atoms with van der Waals surface area (Å²) < 4.78 is 0. The number of amides is 2. The van der Waals surface area contributed by atoms with E-state index in [0.29, 0.717) is 5.12 Å². The SMILES string of the molecule is CC1(C)c2ccccc2-c2ccccc21.NC(=O)N(N)N. The molecule has 0 heterocycles. The standard InChI is InChI=1S/C15H14.CH6N4O/c1-15(2)13-9-5-3-7-11(13)12-8-4-6-10-14(12)15;2-1(6)5(3)4/h3-10H,1-2H3;3-4H2,(H2,2,6). The molecule has 110 valence electrons. The van der Waals surface area contributed by atoms with Crippen molar-refractivity contribution in [3.63, 3.8) is 0 Å². The fraction of sp³-hybridized carbons (Fsp3) is 0.188. The molecule has 0 saturated carbocycles. The average molecular weight is 284 g/mol. The van der Waals surface area contributed by atoms with Gasteiger partial charge in [-0.2, -0.15) is 5.12 Å². The van der Waals surface area contributed by atoms with Crippen molar-refractivity contribution < 1.29 is 4.79 Å². The Morgan fingerprint density at radius 1 is 0.905 bits per heavy atom. The van der Waals surface area contributed by atoms with Gasteiger partial charge in [-0.25, -0.2) is 16.5 Å². The Bertz CT molecular complexity index is 617. The zero-order valence-electron chi connectivity index (χ0n) is 12.2. The van der Waals surface area contributed by atoms with Crippen molar-refractivity contribution in [3.8, 4) is 11.1 Å². The summed E-state index contributed by atoms with van der Waals surface area (Å²) in [6, 6.07) is 16.6. The number of nitrogens with two attached hydrogens (primary N) is 3. The highest BCUT2D eigenvalue weighted by Gasteiger charge is 2.34. The molecule has 0 atom stereocenters. The summed E-state index contributed by atoms with van der Waals surface area (Å²) in [6.07, 6.45) is 0. The summed E-state index contributed by atoms with van der Waals surface area (Å²) >= 11 is 0. The molecule has 5 nitrogen and oxygen atoms in total. The fourth-order valence-corrected chi connectivity index (χ4v) is 2.67. The summed E-state index contributed by atoms with van der Waals surface area (Å²) in [7, 11) is 0. The van der Waals surface area contributed by atoms with Crippen molar-refractivity contribution in [2.75, 3.05) is 0 Å². The Morgan fingerprint density at radius 2 is 1.24 bits per heavy atom. The minimum Gasteiger partial charge on any atom is -0.349 e. The molecule has 0 aliphatic heterocycles. The number of hydrogen-bond acceptors (Lipinski definition) is 3. The van der Waals surface area contributed by atoms with Gasteiger partial charge in [0.05, 0.1) is 0 Å². The molecule has 2 aromatic rings. The third-order valence-electron chi connectivity index (χ3n) is 3.75. The normalized spacial score (nSPS) is 13.5. The summed E-state index contributed by atoms with van der Waals surface area (Å²) in [4.78, 5) is 9.60. The summed E-state index contributed by atoms with van der Waals surface area (Å²) in [5.74, 6) is 9.14. The maximum atomic E-state index is 9.60. The zero-order chi connectivity index (χ0) is 15.6. The van der Waals surface area contributed by atoms with Gasteiger partial charge in [-0.15, -0.1) is 0 Å². The monoisotopic (exact) mass is 284 g/mol. The van der Waals surface area contributed by atoms with Gasteiger partial charge in [-0.3, -0.25) is 0 Å². The van der Waals surface area contributed by atoms with Crippen LogP contribution in [0.25, 0.3) is 11.1 Å². The smallest absolute Gasteiger partial charge is 0.343 e. The maximum absolute atomic E-state index is 9.60. The molecule has 0 radical (unpaired) electrons. The van der Waals surface area contributed by atoms with Crippen molar-refractivity contribution in [2.45, 2.75) is 19.3 Å². The highest BCUT2D eigenvalue weighted by molar-refractivity contribution is 5.80. The van der Waals surface area contributed by atoms with Crippen molar-refractivity contribution >= 4 is 6.03 Å². The highest BCUT2D eigenvalue weighted by atomic mass is 16.2. The Hall–Kier alpha value is -2.37. The van der Waals surface area contributed by atoms with E-state index >= 15 is 0 Å². The van der Waals surface area contributed by atoms with Crippen LogP contribution >= 0.6 is 0 Å². The molecule has 1 aliphatic rings. The zero-order valence-corrected chi connectivity index (χ0v) is 12.2. The number of carbonyl (C=O) groups is 1. The average Bonchev–Trinajstić information content (AvgIpc) is 2.70. The predicted octanol–water partition coefficient (Wildman–Crippen LogP) is 2.11. The van der Waals surface area contributed by atoms with Gasteiger partial charge in [0, 0.05) is 5.41 Å². The van der Waals surface area contributed by atoms with E-state index < -0.39 is 6.03 Å². The minimum atomic E-state index is -0.852. The van der Waals surface area contributed by atoms with Crippen LogP contribution in [0.15, 0.2) is 48.5 Å². The van der Waals surface area contributed by atoms with Gasteiger partial charge in [-0.05, 0) is 22.3 Å². The first-order valence-corrected chi connectivity index (χ1v) is 6.64. The van der Waals surface area contributed by atoms with Gasteiger partial charge >= 0.3 is 6.03 Å². The molecule has 0 fully saturated rings. The number of fused-ring (bicyclic) bond motifs is 3. The van der Waals surface area contributed by atoms with Crippen molar-refractivity contribution in [1.29, 1.82) is 0 Å². The number of hydrazine groups is 2. The number of urea groups is 1. The molecule has 0 saturated heterocycles. The van der Waals surface area contributed by atoms with Crippen molar-refractivity contribution in [2.24, 2.45) is 17.4 Å². The Balaban J connectivity index is 0.000000232. The van der Waals surface area contributed by atoms with Gasteiger partial charge in [0.2, 0.25) is 0 Å². The molecule has 2 aromatic carbocycles. The lowest BCUT2D eigenvalue weighted by atomic mass is 9.82. The first kappa shape index (κ1) is 15.0. The summed E-state index contributed by atoms with van der Waals surface area (Å²) in [5, 5.41) is 0.306. The number of hydrogen-bond donors (Lipinski definition) is 3. The van der Waals surface area contributed by atoms with Gasteiger partial charge in [-0.1, -0.05) is 62.4 Å². The van der Waals surface area contributed by atoms with E-state index in [2.05, 4.69) is 79.8 Å². The van der Waals surface area contributed by atoms with Crippen LogP contribution in [0.5, 0.6) is 0 Å². The minimum absolute atomic E-state index is 0.160. The highest BCUT2D eigenvalue weighted by Crippen LogP contribution is 2.47. The Kier molecular flexibility index (Phi) is 3.97. The van der Waals surface area contributed by atoms with Crippen LogP contribution in [0.1, 0.15) is 25.0 Å². The maximum Gasteiger partial charge on any atom is 0.343 e. The van der Waals surface area contributed by atoms with E-state index in [9.17, 15) is 4.79 Å². The number of carbonyl (C=O) groups excluding carboxylic acids is 1. The van der Waals surface area contributed by atoms with Crippen LogP contribution in [-0.2, 0) is 5.41 Å². The molecule has 1 aliphatic carbocycles. The Morgan fingerprint density at radius 3 is 1.57 bits per heavy atom. The van der Waals surface area contributed by atoms with Crippen LogP contribution in [0.2, 0.25) is 0 Å². The molecule has 21 heavy (non-hydrogen) atoms. The van der Waals surface area contributed by atoms with E-state index in [1.54, 1.807) is 0 Å². The molecule has 0 spiro atoms. The first-order chi connectivity index (χ1) is 9.85. The number of benzene rings is 2. The second kappa shape index (κ2) is 5.55. The second-order valence-electron chi connectivity index (χ2n) is 5.46. The van der Waals surface area contributed by atoms with E-state index in [-0.39, 0.29) is 5.41 Å². The molecule has 5 heteroatoms. The molecular formula is C16H20N4O. The molecule has 0 bridgehead atoms. The summed E-state index contributed by atoms with van der Waals surface area (Å²) in [6.45, 7) is 4.61. The molecule has 2 amide bonds. The van der Waals surface area contributed by atoms with E-state index in [4.69, 9.17) is 0 Å². The Labute approximate surface area is 124 Å². The van der Waals surface area contributed by atoms with Gasteiger partial charge in [0.15, 0.2) is 0 Å². The van der Waals surface area contributed by atoms with E-state index in [0.717, 1.165) is 0 Å². The third kappa shape index (κ3) is 2.74. The predicted molar refractivity (Wildman–Crippen MR) is 83.8 cm³/mol. The van der Waals surface area contributed by atoms with E-state index in [1.807, 2.05) is 0 Å². The number of primary amides is 1. The topological polar surface area (TPSA) is 98.4 Å². The molecule has 6 N–H and O–H groups in total. The summed E-state index contributed by atoms with van der Waals surface area (Å²) in [5.41, 5.74) is 10.3. The van der Waals surface area contributed by atoms with Crippen molar-refractivity contribution in [1.82, 2.24) is 5.12 Å². The molecule has 3 rings (SSSR count). The third-order valence-corrected chi connectivity index (χ3v) is 3.75. The van der Waals surface area contributed by atoms with Crippen LogP contribution in [-0.4, -0.2) is 11.1 Å². The lowest BCUT2D eigenvalue weighted by Crippen LogP contribution is -2.46. The molecule has 0 aromatic heterocycles. The molecule has 0 unspecified atom stereocenters. The van der Waals surface area contributed by atoms with E-state index in [1.165, 1.54) is 22.3 Å². The fourth-order valence-electron chi connectivity index (χ4n) is 2.67. The lowest BCUT2D eigenvalue weighted by Gasteiger charge is -2.20. The van der Waals surface area contributed by atoms with Crippen LogP contribution in [0.4, 0.5) is 4.79 Å². The van der Waals surface area contributed by atoms with Gasteiger partial charge in [0.25, 0.3) is 0 Å². The second-order valence-corrected chi connectivity index (χ2v) is 5.46. The van der Waals surface area contributed by atoms with Crippen molar-refractivity contribution in [3.05, 3.63) is 59.7 Å². The first-order valence-electron chi connectivity index (χ1n) is 6.64. The van der Waals surface area contributed by atoms with Gasteiger partial charge in [0.1, 0.15) is 0 Å². The quantitative estimate of drug-likeness (QED) is 0.392. The lowest BCUT2D eigenvalue weighted by molar-refractivity contribution is 0.210.